The molecule has 1 saturated carbocycles. The number of carbonyl (C=O) groups is 1. The van der Waals surface area contributed by atoms with Gasteiger partial charge < -0.3 is 14.3 Å². The molecule has 2 unspecified atom stereocenters. The van der Waals surface area contributed by atoms with E-state index in [1.807, 2.05) is 36.5 Å². The maximum Gasteiger partial charge on any atom is 0.343 e. The zero-order chi connectivity index (χ0) is 22.4. The molecule has 1 aromatic heterocycles. The van der Waals surface area contributed by atoms with Gasteiger partial charge in [0.15, 0.2) is 5.60 Å². The molecule has 6 heteroatoms. The first-order valence-electron chi connectivity index (χ1n) is 12.1. The van der Waals surface area contributed by atoms with E-state index in [4.69, 9.17) is 4.74 Å². The van der Waals surface area contributed by atoms with Crippen molar-refractivity contribution in [2.75, 3.05) is 26.7 Å². The Morgan fingerprint density at radius 1 is 1.16 bits per heavy atom. The Bertz CT molecular complexity index is 872. The molecule has 1 N–H and O–H groups in total. The second-order valence-corrected chi connectivity index (χ2v) is 9.74. The van der Waals surface area contributed by atoms with Gasteiger partial charge in [-0.1, -0.05) is 43.2 Å². The van der Waals surface area contributed by atoms with Gasteiger partial charge in [-0.25, -0.2) is 4.79 Å². The van der Waals surface area contributed by atoms with E-state index < -0.39 is 11.6 Å². The fourth-order valence-corrected chi connectivity index (χ4v) is 5.66. The van der Waals surface area contributed by atoms with E-state index in [0.717, 1.165) is 74.6 Å². The van der Waals surface area contributed by atoms with Crippen LogP contribution in [0.3, 0.4) is 0 Å². The van der Waals surface area contributed by atoms with Crippen LogP contribution in [0.4, 0.5) is 0 Å². The summed E-state index contributed by atoms with van der Waals surface area (Å²) in [5.74, 6) is -0.553. The minimum absolute atomic E-state index is 0.0752. The number of aliphatic hydroxyl groups is 1. The molecule has 0 radical (unpaired) electrons. The molecular formula is C26H36N3O3+. The number of esters is 1. The van der Waals surface area contributed by atoms with E-state index in [-0.39, 0.29) is 12.0 Å². The number of aryl methyl sites for hydroxylation is 1. The van der Waals surface area contributed by atoms with E-state index in [1.54, 1.807) is 12.4 Å². The van der Waals surface area contributed by atoms with Gasteiger partial charge in [-0.3, -0.25) is 9.97 Å². The lowest BCUT2D eigenvalue weighted by atomic mass is 9.80. The van der Waals surface area contributed by atoms with E-state index in [1.165, 1.54) is 0 Å². The summed E-state index contributed by atoms with van der Waals surface area (Å²) in [6.07, 6.45) is 13.2. The van der Waals surface area contributed by atoms with Crippen LogP contribution in [0, 0.1) is 5.92 Å². The number of carbonyl (C=O) groups excluding carboxylic acids is 1. The normalized spacial score (nSPS) is 25.5. The summed E-state index contributed by atoms with van der Waals surface area (Å²) in [4.78, 5) is 21.8. The highest BCUT2D eigenvalue weighted by atomic mass is 16.6. The predicted octanol–water partition coefficient (Wildman–Crippen LogP) is 3.64. The highest BCUT2D eigenvalue weighted by Crippen LogP contribution is 2.41. The minimum atomic E-state index is -1.55. The van der Waals surface area contributed by atoms with Crippen molar-refractivity contribution >= 4 is 5.97 Å². The summed E-state index contributed by atoms with van der Waals surface area (Å²) in [6.45, 7) is 2.47. The van der Waals surface area contributed by atoms with Crippen LogP contribution in [0.2, 0.25) is 0 Å². The quantitative estimate of drug-likeness (QED) is 0.478. The van der Waals surface area contributed by atoms with Crippen molar-refractivity contribution in [1.82, 2.24) is 9.97 Å². The topological polar surface area (TPSA) is 72.3 Å². The van der Waals surface area contributed by atoms with Crippen molar-refractivity contribution < 1.29 is 19.1 Å². The zero-order valence-corrected chi connectivity index (χ0v) is 19.2. The molecule has 2 aromatic rings. The second-order valence-electron chi connectivity index (χ2n) is 9.74. The number of hydrogen-bond acceptors (Lipinski definition) is 5. The van der Waals surface area contributed by atoms with Crippen molar-refractivity contribution in [2.45, 2.75) is 63.0 Å². The number of rotatable bonds is 9. The molecule has 2 aliphatic rings. The van der Waals surface area contributed by atoms with Gasteiger partial charge in [0.2, 0.25) is 0 Å². The largest absolute Gasteiger partial charge is 0.457 e. The molecule has 4 rings (SSSR count). The molecule has 32 heavy (non-hydrogen) atoms. The molecule has 0 amide bonds. The number of nitrogens with zero attached hydrogens (tertiary/aromatic N) is 3. The number of likely N-dealkylation sites (tertiary alicyclic amines) is 1. The first-order valence-corrected chi connectivity index (χ1v) is 12.1. The molecule has 172 valence electrons. The van der Waals surface area contributed by atoms with Crippen LogP contribution < -0.4 is 0 Å². The van der Waals surface area contributed by atoms with Crippen LogP contribution in [0.1, 0.15) is 56.2 Å². The Labute approximate surface area is 191 Å². The molecule has 2 fully saturated rings. The summed E-state index contributed by atoms with van der Waals surface area (Å²) in [6, 6.07) is 9.63. The molecule has 1 aromatic carbocycles. The Morgan fingerprint density at radius 2 is 1.94 bits per heavy atom. The number of benzene rings is 1. The summed E-state index contributed by atoms with van der Waals surface area (Å²) in [7, 11) is 2.27. The van der Waals surface area contributed by atoms with E-state index >= 15 is 0 Å². The van der Waals surface area contributed by atoms with Crippen LogP contribution in [0.15, 0.2) is 48.9 Å². The van der Waals surface area contributed by atoms with Gasteiger partial charge in [-0.05, 0) is 24.8 Å². The molecule has 0 spiro atoms. The highest BCUT2D eigenvalue weighted by Gasteiger charge is 2.48. The molecule has 6 nitrogen and oxygen atoms in total. The van der Waals surface area contributed by atoms with Gasteiger partial charge in [0, 0.05) is 43.8 Å². The van der Waals surface area contributed by atoms with Crippen LogP contribution in [-0.2, 0) is 21.6 Å². The highest BCUT2D eigenvalue weighted by molar-refractivity contribution is 5.81. The standard InChI is InChI=1S/C26H36N3O3/c1-29(17-7-13-23-19-27-15-16-28-23)18-8-14-24(29)20-32-25(30)26(31,22-11-5-6-12-22)21-9-3-2-4-10-21/h2-4,9-10,15-16,19,22,24,31H,5-8,11-14,17-18,20H2,1H3/q+1/t24?,26-,29?/m0/s1. The van der Waals surface area contributed by atoms with Gasteiger partial charge in [0.25, 0.3) is 0 Å². The maximum absolute atomic E-state index is 13.3. The van der Waals surface area contributed by atoms with Crippen molar-refractivity contribution in [2.24, 2.45) is 5.92 Å². The van der Waals surface area contributed by atoms with Crippen LogP contribution in [0.25, 0.3) is 0 Å². The van der Waals surface area contributed by atoms with Gasteiger partial charge in [-0.2, -0.15) is 0 Å². The minimum Gasteiger partial charge on any atom is -0.457 e. The molecule has 0 bridgehead atoms. The number of hydrogen-bond donors (Lipinski definition) is 1. The zero-order valence-electron chi connectivity index (χ0n) is 19.2. The van der Waals surface area contributed by atoms with Crippen molar-refractivity contribution in [3.05, 3.63) is 60.2 Å². The summed E-state index contributed by atoms with van der Waals surface area (Å²) >= 11 is 0. The van der Waals surface area contributed by atoms with Crippen molar-refractivity contribution in [3.8, 4) is 0 Å². The Morgan fingerprint density at radius 3 is 2.66 bits per heavy atom. The molecule has 2 heterocycles. The van der Waals surface area contributed by atoms with Crippen LogP contribution in [-0.4, -0.2) is 58.3 Å². The van der Waals surface area contributed by atoms with Gasteiger partial charge >= 0.3 is 5.97 Å². The molecule has 1 saturated heterocycles. The fourth-order valence-electron chi connectivity index (χ4n) is 5.66. The fraction of sp³-hybridized carbons (Fsp3) is 0.577. The maximum atomic E-state index is 13.3. The average molecular weight is 439 g/mol. The van der Waals surface area contributed by atoms with E-state index in [2.05, 4.69) is 17.0 Å². The Balaban J connectivity index is 1.38. The van der Waals surface area contributed by atoms with Gasteiger partial charge in [-0.15, -0.1) is 0 Å². The lowest BCUT2D eigenvalue weighted by Gasteiger charge is -2.37. The van der Waals surface area contributed by atoms with E-state index in [0.29, 0.717) is 12.2 Å². The number of likely N-dealkylation sites (N-methyl/N-ethyl adjacent to an activating group) is 1. The van der Waals surface area contributed by atoms with E-state index in [9.17, 15) is 9.90 Å². The smallest absolute Gasteiger partial charge is 0.343 e. The Hall–Kier alpha value is -2.31. The summed E-state index contributed by atoms with van der Waals surface area (Å²) in [5.41, 5.74) is 0.126. The first kappa shape index (κ1) is 22.9. The summed E-state index contributed by atoms with van der Waals surface area (Å²) in [5, 5.41) is 11.6. The third-order valence-electron chi connectivity index (χ3n) is 7.68. The summed E-state index contributed by atoms with van der Waals surface area (Å²) < 4.78 is 6.79. The Kier molecular flexibility index (Phi) is 7.21. The average Bonchev–Trinajstić information content (AvgIpc) is 3.49. The van der Waals surface area contributed by atoms with Gasteiger partial charge in [0.1, 0.15) is 12.6 Å². The number of aromatic nitrogens is 2. The number of ether oxygens (including phenoxy) is 1. The predicted molar refractivity (Wildman–Crippen MR) is 123 cm³/mol. The molecule has 3 atom stereocenters. The lowest BCUT2D eigenvalue weighted by Crippen LogP contribution is -2.52. The first-order chi connectivity index (χ1) is 15.5. The van der Waals surface area contributed by atoms with Crippen LogP contribution in [0.5, 0.6) is 0 Å². The second kappa shape index (κ2) is 10.1. The third kappa shape index (κ3) is 4.86. The number of quaternary nitrogens is 1. The SMILES string of the molecule is C[N+]1(CCCc2cnccn2)CCCC1COC(=O)[C@](O)(c1ccccc1)C1CCCC1. The van der Waals surface area contributed by atoms with Gasteiger partial charge in [0.05, 0.1) is 25.8 Å². The molecule has 1 aliphatic carbocycles. The van der Waals surface area contributed by atoms with Crippen molar-refractivity contribution in [3.63, 3.8) is 0 Å². The van der Waals surface area contributed by atoms with Crippen molar-refractivity contribution in [1.29, 1.82) is 0 Å². The monoisotopic (exact) mass is 438 g/mol. The third-order valence-corrected chi connectivity index (χ3v) is 7.68. The molecule has 1 aliphatic heterocycles. The molecular weight excluding hydrogens is 402 g/mol. The lowest BCUT2D eigenvalue weighted by molar-refractivity contribution is -0.921. The van der Waals surface area contributed by atoms with Crippen LogP contribution >= 0.6 is 0 Å².